The standard InChI is InChI=1S/C26H23Cl2IN4O5/c1-14-6-4-8-19(15(14)2)32-25(35)26(36)33-30-12-16-10-18(29)24(21(11-16)37-3)38-13-22(34)31-20-9-5-7-17(27)23(20)28/h4-12H,13H2,1-3H3,(H,31,34)(H,32,35)(H,33,36). The molecular weight excluding hydrogens is 646 g/mol. The molecule has 12 heteroatoms. The van der Waals surface area contributed by atoms with Gasteiger partial charge in [-0.15, -0.1) is 0 Å². The molecule has 0 aliphatic heterocycles. The van der Waals surface area contributed by atoms with Crippen molar-refractivity contribution in [1.82, 2.24) is 5.43 Å². The third kappa shape index (κ3) is 7.59. The number of hydrogen-bond acceptors (Lipinski definition) is 6. The van der Waals surface area contributed by atoms with Gasteiger partial charge in [0.1, 0.15) is 0 Å². The van der Waals surface area contributed by atoms with E-state index < -0.39 is 17.7 Å². The first kappa shape index (κ1) is 29.2. The Kier molecular flexibility index (Phi) is 10.3. The molecule has 0 aliphatic carbocycles. The second-order valence-corrected chi connectivity index (χ2v) is 9.82. The maximum Gasteiger partial charge on any atom is 0.329 e. The molecule has 3 aromatic carbocycles. The number of nitrogens with one attached hydrogen (secondary N) is 3. The minimum atomic E-state index is -0.922. The molecule has 0 saturated carbocycles. The summed E-state index contributed by atoms with van der Waals surface area (Å²) in [5.41, 5.74) is 5.53. The van der Waals surface area contributed by atoms with Gasteiger partial charge in [0.25, 0.3) is 5.91 Å². The summed E-state index contributed by atoms with van der Waals surface area (Å²) >= 11 is 14.1. The zero-order valence-corrected chi connectivity index (χ0v) is 24.2. The normalized spacial score (nSPS) is 10.7. The lowest BCUT2D eigenvalue weighted by Gasteiger charge is -2.14. The van der Waals surface area contributed by atoms with E-state index in [9.17, 15) is 14.4 Å². The molecule has 0 aliphatic rings. The number of methoxy groups -OCH3 is 1. The number of carbonyl (C=O) groups excluding carboxylic acids is 3. The first-order chi connectivity index (χ1) is 18.1. The van der Waals surface area contributed by atoms with Gasteiger partial charge in [0.2, 0.25) is 0 Å². The van der Waals surface area contributed by atoms with Crippen molar-refractivity contribution in [2.45, 2.75) is 13.8 Å². The predicted octanol–water partition coefficient (Wildman–Crippen LogP) is 5.33. The zero-order valence-electron chi connectivity index (χ0n) is 20.5. The molecule has 0 aromatic heterocycles. The Morgan fingerprint density at radius 2 is 1.71 bits per heavy atom. The fourth-order valence-corrected chi connectivity index (χ4v) is 4.29. The third-order valence-corrected chi connectivity index (χ3v) is 6.88. The van der Waals surface area contributed by atoms with Crippen LogP contribution in [0.5, 0.6) is 11.5 Å². The van der Waals surface area contributed by atoms with Crippen molar-refractivity contribution in [2.24, 2.45) is 5.10 Å². The van der Waals surface area contributed by atoms with Crippen LogP contribution in [0.3, 0.4) is 0 Å². The van der Waals surface area contributed by atoms with Crippen molar-refractivity contribution < 1.29 is 23.9 Å². The third-order valence-electron chi connectivity index (χ3n) is 5.26. The number of carbonyl (C=O) groups is 3. The summed E-state index contributed by atoms with van der Waals surface area (Å²) in [4.78, 5) is 36.7. The topological polar surface area (TPSA) is 118 Å². The van der Waals surface area contributed by atoms with Crippen LogP contribution in [-0.2, 0) is 14.4 Å². The maximum atomic E-state index is 12.4. The number of halogens is 3. The van der Waals surface area contributed by atoms with Crippen LogP contribution in [0.1, 0.15) is 16.7 Å². The number of ether oxygens (including phenoxy) is 2. The van der Waals surface area contributed by atoms with Gasteiger partial charge in [-0.25, -0.2) is 5.43 Å². The van der Waals surface area contributed by atoms with E-state index in [-0.39, 0.29) is 11.6 Å². The summed E-state index contributed by atoms with van der Waals surface area (Å²) in [7, 11) is 1.45. The fraction of sp³-hybridized carbons (Fsp3) is 0.154. The average Bonchev–Trinajstić information content (AvgIpc) is 2.88. The first-order valence-electron chi connectivity index (χ1n) is 11.1. The maximum absolute atomic E-state index is 12.4. The molecule has 3 rings (SSSR count). The van der Waals surface area contributed by atoms with Crippen molar-refractivity contribution in [3.8, 4) is 11.5 Å². The lowest BCUT2D eigenvalue weighted by atomic mass is 10.1. The number of amides is 3. The first-order valence-corrected chi connectivity index (χ1v) is 12.9. The van der Waals surface area contributed by atoms with Crippen molar-refractivity contribution in [3.05, 3.63) is 78.8 Å². The highest BCUT2D eigenvalue weighted by Crippen LogP contribution is 2.34. The Balaban J connectivity index is 1.60. The molecule has 0 unspecified atom stereocenters. The average molecular weight is 669 g/mol. The van der Waals surface area contributed by atoms with Crippen LogP contribution in [0.15, 0.2) is 53.6 Å². The van der Waals surface area contributed by atoms with Gasteiger partial charge in [0, 0.05) is 5.69 Å². The van der Waals surface area contributed by atoms with Gasteiger partial charge < -0.3 is 20.1 Å². The van der Waals surface area contributed by atoms with Crippen LogP contribution in [0.2, 0.25) is 10.0 Å². The highest BCUT2D eigenvalue weighted by Gasteiger charge is 2.16. The minimum absolute atomic E-state index is 0.230. The van der Waals surface area contributed by atoms with Gasteiger partial charge in [0.05, 0.1) is 32.6 Å². The number of rotatable bonds is 8. The van der Waals surface area contributed by atoms with Crippen molar-refractivity contribution in [1.29, 1.82) is 0 Å². The van der Waals surface area contributed by atoms with Crippen molar-refractivity contribution >= 4 is 81.1 Å². The van der Waals surface area contributed by atoms with Crippen LogP contribution in [0, 0.1) is 17.4 Å². The molecule has 3 amide bonds. The summed E-state index contributed by atoms with van der Waals surface area (Å²) in [6.45, 7) is 3.45. The van der Waals surface area contributed by atoms with E-state index in [1.807, 2.05) is 42.5 Å². The number of aryl methyl sites for hydroxylation is 1. The Labute approximate surface area is 243 Å². The molecule has 3 aromatic rings. The smallest absolute Gasteiger partial charge is 0.329 e. The summed E-state index contributed by atoms with van der Waals surface area (Å²) in [5.74, 6) is -1.53. The number of benzene rings is 3. The SMILES string of the molecule is COc1cc(C=NNC(=O)C(=O)Nc2cccc(C)c2C)cc(I)c1OCC(=O)Nc1cccc(Cl)c1Cl. The molecule has 198 valence electrons. The van der Waals surface area contributed by atoms with Gasteiger partial charge in [0.15, 0.2) is 18.1 Å². The minimum Gasteiger partial charge on any atom is -0.493 e. The molecule has 9 nitrogen and oxygen atoms in total. The molecule has 0 atom stereocenters. The Morgan fingerprint density at radius 3 is 2.45 bits per heavy atom. The van der Waals surface area contributed by atoms with Gasteiger partial charge >= 0.3 is 11.8 Å². The van der Waals surface area contributed by atoms with Gasteiger partial charge in [-0.05, 0) is 83.5 Å². The summed E-state index contributed by atoms with van der Waals surface area (Å²) in [6, 6.07) is 13.6. The lowest BCUT2D eigenvalue weighted by Crippen LogP contribution is -2.32. The summed E-state index contributed by atoms with van der Waals surface area (Å²) in [6.07, 6.45) is 1.35. The quantitative estimate of drug-likeness (QED) is 0.130. The van der Waals surface area contributed by atoms with Crippen LogP contribution in [-0.4, -0.2) is 37.7 Å². The van der Waals surface area contributed by atoms with E-state index in [1.54, 1.807) is 42.5 Å². The van der Waals surface area contributed by atoms with Crippen LogP contribution < -0.4 is 25.5 Å². The monoisotopic (exact) mass is 668 g/mol. The zero-order chi connectivity index (χ0) is 27.8. The fourth-order valence-electron chi connectivity index (χ4n) is 3.16. The summed E-state index contributed by atoms with van der Waals surface area (Å²) < 4.78 is 11.7. The van der Waals surface area contributed by atoms with E-state index in [1.165, 1.54) is 13.3 Å². The second-order valence-electron chi connectivity index (χ2n) is 7.87. The summed E-state index contributed by atoms with van der Waals surface area (Å²) in [5, 5.41) is 9.61. The highest BCUT2D eigenvalue weighted by molar-refractivity contribution is 14.1. The Morgan fingerprint density at radius 1 is 1.00 bits per heavy atom. The molecular formula is C26H23Cl2IN4O5. The van der Waals surface area contributed by atoms with E-state index in [0.717, 1.165) is 11.1 Å². The number of hydrogen-bond donors (Lipinski definition) is 3. The molecule has 0 bridgehead atoms. The van der Waals surface area contributed by atoms with Crippen LogP contribution in [0.4, 0.5) is 11.4 Å². The van der Waals surface area contributed by atoms with Crippen molar-refractivity contribution in [2.75, 3.05) is 24.4 Å². The molecule has 0 heterocycles. The van der Waals surface area contributed by atoms with E-state index in [0.29, 0.717) is 37.0 Å². The van der Waals surface area contributed by atoms with Crippen LogP contribution in [0.25, 0.3) is 0 Å². The number of anilines is 2. The molecule has 0 saturated heterocycles. The molecule has 3 N–H and O–H groups in total. The van der Waals surface area contributed by atoms with Gasteiger partial charge in [-0.1, -0.05) is 41.4 Å². The van der Waals surface area contributed by atoms with Crippen molar-refractivity contribution in [3.63, 3.8) is 0 Å². The highest BCUT2D eigenvalue weighted by atomic mass is 127. The second kappa shape index (κ2) is 13.4. The predicted molar refractivity (Wildman–Crippen MR) is 157 cm³/mol. The molecule has 0 spiro atoms. The number of nitrogens with zero attached hydrogens (tertiary/aromatic N) is 1. The molecule has 0 fully saturated rings. The van der Waals surface area contributed by atoms with E-state index in [2.05, 4.69) is 21.2 Å². The molecule has 0 radical (unpaired) electrons. The van der Waals surface area contributed by atoms with E-state index >= 15 is 0 Å². The Bertz CT molecular complexity index is 1410. The van der Waals surface area contributed by atoms with Gasteiger partial charge in [-0.3, -0.25) is 14.4 Å². The number of hydrazone groups is 1. The molecule has 38 heavy (non-hydrogen) atoms. The lowest BCUT2D eigenvalue weighted by molar-refractivity contribution is -0.136. The van der Waals surface area contributed by atoms with Crippen LogP contribution >= 0.6 is 45.8 Å². The Hall–Kier alpha value is -3.35. The van der Waals surface area contributed by atoms with Gasteiger partial charge in [-0.2, -0.15) is 5.10 Å². The largest absolute Gasteiger partial charge is 0.493 e. The van der Waals surface area contributed by atoms with E-state index in [4.69, 9.17) is 32.7 Å².